The second kappa shape index (κ2) is 10.5. The molecule has 0 heterocycles. The molecular formula is C24H22BrN3O2. The number of carbonyl (C=O) groups is 2. The van der Waals surface area contributed by atoms with Crippen molar-refractivity contribution in [3.63, 3.8) is 0 Å². The first-order chi connectivity index (χ1) is 14.5. The van der Waals surface area contributed by atoms with Gasteiger partial charge in [-0.25, -0.2) is 5.43 Å². The van der Waals surface area contributed by atoms with Crippen LogP contribution in [0.15, 0.2) is 94.5 Å². The number of para-hydroxylation sites is 2. The average molecular weight is 464 g/mol. The molecule has 5 nitrogen and oxygen atoms in total. The molecule has 0 aliphatic rings. The zero-order chi connectivity index (χ0) is 21.3. The molecule has 3 aromatic carbocycles. The van der Waals surface area contributed by atoms with Crippen molar-refractivity contribution in [2.75, 3.05) is 4.90 Å². The molecule has 152 valence electrons. The predicted molar refractivity (Wildman–Crippen MR) is 124 cm³/mol. The lowest BCUT2D eigenvalue weighted by atomic mass is 10.1. The quantitative estimate of drug-likeness (QED) is 0.374. The minimum atomic E-state index is -0.307. The summed E-state index contributed by atoms with van der Waals surface area (Å²) >= 11 is 3.42. The van der Waals surface area contributed by atoms with Gasteiger partial charge in [-0.3, -0.25) is 14.5 Å². The second-order valence-electron chi connectivity index (χ2n) is 6.64. The molecule has 0 fully saturated rings. The van der Waals surface area contributed by atoms with Gasteiger partial charge in [0.2, 0.25) is 11.8 Å². The molecule has 0 aromatic heterocycles. The highest BCUT2D eigenvalue weighted by Crippen LogP contribution is 2.26. The Morgan fingerprint density at radius 1 is 0.867 bits per heavy atom. The number of hydrogen-bond acceptors (Lipinski definition) is 3. The normalized spacial score (nSPS) is 11.1. The van der Waals surface area contributed by atoms with Gasteiger partial charge in [0.15, 0.2) is 0 Å². The van der Waals surface area contributed by atoms with Gasteiger partial charge in [0, 0.05) is 28.7 Å². The Morgan fingerprint density at radius 3 is 2.03 bits per heavy atom. The van der Waals surface area contributed by atoms with Crippen molar-refractivity contribution in [2.24, 2.45) is 5.10 Å². The molecule has 1 N–H and O–H groups in total. The number of halogens is 1. The Labute approximate surface area is 184 Å². The molecule has 3 aromatic rings. The van der Waals surface area contributed by atoms with Gasteiger partial charge in [-0.15, -0.1) is 0 Å². The summed E-state index contributed by atoms with van der Waals surface area (Å²) in [5.74, 6) is -0.464. The molecule has 0 unspecified atom stereocenters. The highest BCUT2D eigenvalue weighted by molar-refractivity contribution is 9.10. The number of hydrogen-bond donors (Lipinski definition) is 1. The van der Waals surface area contributed by atoms with E-state index in [4.69, 9.17) is 0 Å². The molecule has 0 aliphatic carbocycles. The monoisotopic (exact) mass is 463 g/mol. The lowest BCUT2D eigenvalue weighted by Crippen LogP contribution is -2.28. The van der Waals surface area contributed by atoms with Crippen LogP contribution in [-0.2, 0) is 9.59 Å². The van der Waals surface area contributed by atoms with Crippen molar-refractivity contribution in [3.8, 4) is 0 Å². The van der Waals surface area contributed by atoms with Crippen LogP contribution in [0.4, 0.5) is 11.4 Å². The number of benzene rings is 3. The lowest BCUT2D eigenvalue weighted by molar-refractivity contribution is -0.124. The van der Waals surface area contributed by atoms with Crippen LogP contribution in [0.5, 0.6) is 0 Å². The number of nitrogens with zero attached hydrogens (tertiary/aromatic N) is 2. The predicted octanol–water partition coefficient (Wildman–Crippen LogP) is 5.43. The molecule has 0 saturated heterocycles. The summed E-state index contributed by atoms with van der Waals surface area (Å²) in [5, 5.41) is 4.15. The van der Waals surface area contributed by atoms with E-state index in [0.29, 0.717) is 5.71 Å². The van der Waals surface area contributed by atoms with E-state index in [2.05, 4.69) is 26.5 Å². The van der Waals surface area contributed by atoms with E-state index in [9.17, 15) is 9.59 Å². The molecule has 2 amide bonds. The summed E-state index contributed by atoms with van der Waals surface area (Å²) in [7, 11) is 0. The fourth-order valence-corrected chi connectivity index (χ4v) is 3.30. The Hall–Kier alpha value is -3.25. The minimum Gasteiger partial charge on any atom is -0.281 e. The largest absolute Gasteiger partial charge is 0.281 e. The van der Waals surface area contributed by atoms with Gasteiger partial charge < -0.3 is 0 Å². The molecule has 0 aliphatic heterocycles. The van der Waals surface area contributed by atoms with Crippen LogP contribution in [0.25, 0.3) is 0 Å². The first-order valence-electron chi connectivity index (χ1n) is 9.57. The Balaban J connectivity index is 1.64. The number of carbonyl (C=O) groups excluding carboxylic acids is 2. The Kier molecular flexibility index (Phi) is 7.51. The van der Waals surface area contributed by atoms with Crippen molar-refractivity contribution in [2.45, 2.75) is 19.8 Å². The van der Waals surface area contributed by atoms with Gasteiger partial charge in [-0.2, -0.15) is 5.10 Å². The van der Waals surface area contributed by atoms with E-state index in [1.54, 1.807) is 4.90 Å². The maximum atomic E-state index is 13.0. The molecule has 0 atom stereocenters. The first-order valence-corrected chi connectivity index (χ1v) is 10.4. The summed E-state index contributed by atoms with van der Waals surface area (Å²) in [6.45, 7) is 1.82. The van der Waals surface area contributed by atoms with Gasteiger partial charge >= 0.3 is 0 Å². The van der Waals surface area contributed by atoms with E-state index in [1.807, 2.05) is 91.9 Å². The number of nitrogens with one attached hydrogen (secondary N) is 1. The van der Waals surface area contributed by atoms with Gasteiger partial charge in [0.05, 0.1) is 5.71 Å². The lowest BCUT2D eigenvalue weighted by Gasteiger charge is -2.23. The van der Waals surface area contributed by atoms with Crippen LogP contribution in [0.2, 0.25) is 0 Å². The standard InChI is InChI=1S/C24H22BrN3O2/c1-18(19-9-8-10-20(25)17-19)26-27-23(29)15-16-24(30)28(21-11-4-2-5-12-21)22-13-6-3-7-14-22/h2-14,17H,15-16H2,1H3,(H,27,29)/b26-18-. The maximum absolute atomic E-state index is 13.0. The molecule has 3 rings (SSSR count). The van der Waals surface area contributed by atoms with Crippen molar-refractivity contribution in [3.05, 3.63) is 95.0 Å². The molecule has 0 saturated carbocycles. The molecule has 0 bridgehead atoms. The van der Waals surface area contributed by atoms with Crippen LogP contribution in [0.1, 0.15) is 25.3 Å². The minimum absolute atomic E-state index is 0.0459. The fraction of sp³-hybridized carbons (Fsp3) is 0.125. The van der Waals surface area contributed by atoms with Crippen molar-refractivity contribution < 1.29 is 9.59 Å². The number of anilines is 2. The zero-order valence-electron chi connectivity index (χ0n) is 16.6. The van der Waals surface area contributed by atoms with Gasteiger partial charge in [-0.05, 0) is 48.9 Å². The van der Waals surface area contributed by atoms with Gasteiger partial charge in [0.1, 0.15) is 0 Å². The third kappa shape index (κ3) is 5.87. The van der Waals surface area contributed by atoms with Crippen LogP contribution in [0.3, 0.4) is 0 Å². The van der Waals surface area contributed by atoms with Crippen molar-refractivity contribution in [1.29, 1.82) is 0 Å². The summed E-state index contributed by atoms with van der Waals surface area (Å²) in [4.78, 5) is 26.8. The molecule has 6 heteroatoms. The fourth-order valence-electron chi connectivity index (χ4n) is 2.90. The van der Waals surface area contributed by atoms with Gasteiger partial charge in [0.25, 0.3) is 0 Å². The molecule has 30 heavy (non-hydrogen) atoms. The third-order valence-electron chi connectivity index (χ3n) is 4.43. The molecule has 0 radical (unpaired) electrons. The highest BCUT2D eigenvalue weighted by atomic mass is 79.9. The van der Waals surface area contributed by atoms with Crippen LogP contribution in [-0.4, -0.2) is 17.5 Å². The van der Waals surface area contributed by atoms with E-state index >= 15 is 0 Å². The van der Waals surface area contributed by atoms with E-state index in [1.165, 1.54) is 0 Å². The number of amides is 2. The first kappa shape index (κ1) is 21.5. The summed E-state index contributed by atoms with van der Waals surface area (Å²) < 4.78 is 0.938. The SMILES string of the molecule is C/C(=N/NC(=O)CCC(=O)N(c1ccccc1)c1ccccc1)c1cccc(Br)c1. The zero-order valence-corrected chi connectivity index (χ0v) is 18.2. The summed E-state index contributed by atoms with van der Waals surface area (Å²) in [5.41, 5.74) is 5.65. The van der Waals surface area contributed by atoms with Gasteiger partial charge in [-0.1, -0.05) is 64.5 Å². The number of hydrazone groups is 1. The van der Waals surface area contributed by atoms with Crippen LogP contribution in [0, 0.1) is 0 Å². The number of rotatable bonds is 7. The van der Waals surface area contributed by atoms with Crippen molar-refractivity contribution in [1.82, 2.24) is 5.43 Å². The summed E-state index contributed by atoms with van der Waals surface area (Å²) in [6, 6.07) is 26.5. The average Bonchev–Trinajstić information content (AvgIpc) is 2.77. The van der Waals surface area contributed by atoms with E-state index in [-0.39, 0.29) is 24.7 Å². The topological polar surface area (TPSA) is 61.8 Å². The second-order valence-corrected chi connectivity index (χ2v) is 7.56. The van der Waals surface area contributed by atoms with Crippen molar-refractivity contribution >= 4 is 44.8 Å². The highest BCUT2D eigenvalue weighted by Gasteiger charge is 2.18. The Bertz CT molecular complexity index is 997. The van der Waals surface area contributed by atoms with E-state index in [0.717, 1.165) is 21.4 Å². The maximum Gasteiger partial charge on any atom is 0.240 e. The smallest absolute Gasteiger partial charge is 0.240 e. The van der Waals surface area contributed by atoms with Crippen LogP contribution >= 0.6 is 15.9 Å². The summed E-state index contributed by atoms with van der Waals surface area (Å²) in [6.07, 6.45) is 0.116. The molecular weight excluding hydrogens is 442 g/mol. The Morgan fingerprint density at radius 2 is 1.47 bits per heavy atom. The third-order valence-corrected chi connectivity index (χ3v) is 4.93. The van der Waals surface area contributed by atoms with E-state index < -0.39 is 0 Å². The molecule has 0 spiro atoms. The van der Waals surface area contributed by atoms with Crippen LogP contribution < -0.4 is 10.3 Å².